The van der Waals surface area contributed by atoms with E-state index in [1.807, 2.05) is 86.0 Å². The molecule has 344 valence electrons. The molecule has 0 N–H and O–H groups in total. The van der Waals surface area contributed by atoms with Crippen molar-refractivity contribution in [1.82, 2.24) is 0 Å². The van der Waals surface area contributed by atoms with Gasteiger partial charge in [-0.05, 0) is 301 Å². The molecule has 0 aromatic heterocycles. The Morgan fingerprint density at radius 1 is 0.256 bits per heavy atom. The fraction of sp³-hybridized carbons (Fsp3) is 0.200. The minimum Gasteiger partial charge on any atom is 2.00 e. The Morgan fingerprint density at radius 2 is 0.385 bits per heavy atom. The largest absolute Gasteiger partial charge is 2.00 e. The van der Waals surface area contributed by atoms with Gasteiger partial charge in [-0.15, -0.1) is 17.7 Å². The standard InChI is InChI=1S/C65H20.C8H5.2CO.Ru/c1-61-46-36-26-16-11-6-7-9-10-8(6)13-20-18(11)28(26)38-40-30(20)32-22(13)24-15(10)25-23-14(9)21-19-12(7)17(16)27-29(19)39-41-31(21)33(23)43-45-35(25)34(24)44-42(32)52-50(40)62(2,48(38)46)57-56(61)58-60-59(57)64(52,4)54(44)55(45)65(60,5)53(43)51(41)63(58,3)49(39)47(61)37(27)36;1-2-8-6-4-3-5-7-8;2*1-2;/h56-60H,1-5H3;3-7H;;;/q;-1;;;+2. The predicted molar refractivity (Wildman–Crippen MR) is 308 cm³/mol. The van der Waals surface area contributed by atoms with Gasteiger partial charge in [0.2, 0.25) is 0 Å². The summed E-state index contributed by atoms with van der Waals surface area (Å²) >= 11 is 0. The second-order valence-corrected chi connectivity index (χ2v) is 28.9. The molecule has 22 aromatic carbocycles. The van der Waals surface area contributed by atoms with Crippen molar-refractivity contribution in [1.29, 1.82) is 0 Å². The summed E-state index contributed by atoms with van der Waals surface area (Å²) in [6.07, 6.45) is 6.69. The molecule has 22 aromatic rings. The van der Waals surface area contributed by atoms with Crippen LogP contribution in [0.4, 0.5) is 0 Å². The van der Waals surface area contributed by atoms with Crippen LogP contribution < -0.4 is 0 Å². The van der Waals surface area contributed by atoms with Crippen molar-refractivity contribution in [3.05, 3.63) is 111 Å². The van der Waals surface area contributed by atoms with E-state index in [0.717, 1.165) is 5.56 Å². The zero-order chi connectivity index (χ0) is 49.1. The maximum Gasteiger partial charge on any atom is 2.00 e. The molecule has 2 nitrogen and oxygen atoms in total. The van der Waals surface area contributed by atoms with Gasteiger partial charge in [-0.2, -0.15) is 0 Å². The van der Waals surface area contributed by atoms with Gasteiger partial charge < -0.3 is 6.42 Å². The summed E-state index contributed by atoms with van der Waals surface area (Å²) in [6.45, 7) is 23.8. The molecule has 11 aliphatic rings. The summed E-state index contributed by atoms with van der Waals surface area (Å²) in [4.78, 5) is 0. The van der Waals surface area contributed by atoms with E-state index >= 15 is 0 Å². The molecular formula is C75H25O2Ru+. The predicted octanol–water partition coefficient (Wildman–Crippen LogP) is 17.4. The first kappa shape index (κ1) is 35.7. The van der Waals surface area contributed by atoms with Crippen LogP contribution in [0.3, 0.4) is 0 Å². The van der Waals surface area contributed by atoms with E-state index in [9.17, 15) is 0 Å². The summed E-state index contributed by atoms with van der Waals surface area (Å²) in [7, 11) is 0. The topological polar surface area (TPSA) is 39.8 Å². The van der Waals surface area contributed by atoms with E-state index in [-0.39, 0.29) is 46.6 Å². The molecule has 0 bridgehead atoms. The Kier molecular flexibility index (Phi) is 3.85. The van der Waals surface area contributed by atoms with Crippen LogP contribution in [-0.4, -0.2) is 0 Å². The molecule has 0 radical (unpaired) electrons. The van der Waals surface area contributed by atoms with Gasteiger partial charge in [0.05, 0.1) is 0 Å². The molecule has 3 heteroatoms. The van der Waals surface area contributed by atoms with Crippen LogP contribution in [0.15, 0.2) is 30.3 Å². The molecule has 78 heavy (non-hydrogen) atoms. The van der Waals surface area contributed by atoms with Gasteiger partial charge in [0, 0.05) is 27.1 Å². The van der Waals surface area contributed by atoms with Crippen LogP contribution in [0.1, 0.15) is 95.8 Å². The van der Waals surface area contributed by atoms with Gasteiger partial charge in [-0.3, -0.25) is 5.92 Å². The summed E-state index contributed by atoms with van der Waals surface area (Å²) in [5.74, 6) is 5.39. The van der Waals surface area contributed by atoms with Gasteiger partial charge in [-0.1, -0.05) is 52.8 Å². The first-order valence-corrected chi connectivity index (χ1v) is 28.4. The van der Waals surface area contributed by atoms with Crippen LogP contribution in [-0.2, 0) is 55.9 Å². The normalized spacial score (nSPS) is 31.8. The fourth-order valence-electron chi connectivity index (χ4n) is 29.0. The maximum absolute atomic E-state index is 7.50. The van der Waals surface area contributed by atoms with E-state index in [4.69, 9.17) is 15.7 Å². The Bertz CT molecular complexity index is 5800. The maximum atomic E-state index is 7.50. The molecule has 0 saturated heterocycles. The van der Waals surface area contributed by atoms with Crippen molar-refractivity contribution >= 4 is 215 Å². The molecule has 0 amide bonds. The smallest absolute Gasteiger partial charge is 2.00 e. The third-order valence-corrected chi connectivity index (χ3v) is 28.9. The summed E-state index contributed by atoms with van der Waals surface area (Å²) in [5, 5.41) is 69.5. The number of benzene rings is 16. The molecule has 33 rings (SSSR count). The average molecular weight is 1060 g/mol. The van der Waals surface area contributed by atoms with Crippen molar-refractivity contribution in [2.45, 2.75) is 61.7 Å². The molecule has 11 aliphatic carbocycles. The number of hydrogen-bond acceptors (Lipinski definition) is 0. The number of rotatable bonds is 0. The van der Waals surface area contributed by atoms with Crippen LogP contribution in [0.5, 0.6) is 0 Å². The second kappa shape index (κ2) is 8.41. The molecular weight excluding hydrogens is 1030 g/mol. The third kappa shape index (κ3) is 2.02. The van der Waals surface area contributed by atoms with Crippen molar-refractivity contribution in [2.75, 3.05) is 0 Å². The van der Waals surface area contributed by atoms with Crippen molar-refractivity contribution in [3.8, 4) is 5.92 Å². The third-order valence-electron chi connectivity index (χ3n) is 28.9. The average Bonchev–Trinajstić information content (AvgIpc) is 1.41. The molecule has 0 heterocycles. The minimum atomic E-state index is 0. The van der Waals surface area contributed by atoms with Gasteiger partial charge in [0.1, 0.15) is 0 Å². The Balaban J connectivity index is 0.000000270. The Morgan fingerprint density at radius 3 is 0.500 bits per heavy atom. The monoisotopic (exact) mass is 1060 g/mol. The van der Waals surface area contributed by atoms with Crippen molar-refractivity contribution < 1.29 is 28.8 Å². The molecule has 0 spiro atoms. The van der Waals surface area contributed by atoms with Crippen molar-refractivity contribution in [3.63, 3.8) is 0 Å². The summed E-state index contributed by atoms with van der Waals surface area (Å²) in [6, 6.07) is 9.37. The summed E-state index contributed by atoms with van der Waals surface area (Å²) < 4.78 is 15.0. The van der Waals surface area contributed by atoms with Crippen LogP contribution in [0, 0.1) is 55.2 Å². The van der Waals surface area contributed by atoms with E-state index < -0.39 is 0 Å². The van der Waals surface area contributed by atoms with E-state index in [1.165, 1.54) is 0 Å². The van der Waals surface area contributed by atoms with Gasteiger partial charge in [-0.25, -0.2) is 0 Å². The summed E-state index contributed by atoms with van der Waals surface area (Å²) in [5.41, 5.74) is 19.7. The first-order valence-electron chi connectivity index (χ1n) is 28.4. The zero-order valence-electron chi connectivity index (χ0n) is 41.9. The SMILES string of the molecule is CC12c3c4c5c6c7c8c9c%10c%11c%12c%13c%14c%15c%16c%17c%18c(c1c1c3c3c5c5c%19c6c9c6c9c%10c%13c%10c%13c%14c%17c%14c%17c%18c1c1c3c5c3c(c1%17)c(c%14%13)c(c9%10)c3c%196)C%16(C)C1C2C(C(C1C%15%12C)C8%11C)C47C.[C-]#Cc1ccccc1.[C-]#[O+].[C-]#[O+].[Ru+2]. The van der Waals surface area contributed by atoms with Gasteiger partial charge >= 0.3 is 42.1 Å². The first-order chi connectivity index (χ1) is 37.8. The van der Waals surface area contributed by atoms with E-state index in [2.05, 4.69) is 53.8 Å². The van der Waals surface area contributed by atoms with Crippen LogP contribution in [0.25, 0.3) is 215 Å². The second-order valence-electron chi connectivity index (χ2n) is 28.9. The Hall–Kier alpha value is -7.62. The van der Waals surface area contributed by atoms with E-state index in [1.54, 1.807) is 215 Å². The molecule has 1 fully saturated rings. The van der Waals surface area contributed by atoms with Crippen LogP contribution >= 0.6 is 0 Å². The Labute approximate surface area is 449 Å². The quantitative estimate of drug-likeness (QED) is 0.0477. The molecule has 0 atom stereocenters. The zero-order valence-corrected chi connectivity index (χ0v) is 43.7. The van der Waals surface area contributed by atoms with Crippen LogP contribution in [0.2, 0.25) is 0 Å². The van der Waals surface area contributed by atoms with Crippen molar-refractivity contribution in [2.24, 2.45) is 29.6 Å². The molecule has 1 saturated carbocycles. The van der Waals surface area contributed by atoms with E-state index in [0.29, 0.717) is 29.6 Å². The van der Waals surface area contributed by atoms with Gasteiger partial charge in [0.25, 0.3) is 0 Å². The van der Waals surface area contributed by atoms with Gasteiger partial charge in [0.15, 0.2) is 0 Å². The fourth-order valence-corrected chi connectivity index (χ4v) is 29.0. The number of hydrogen-bond donors (Lipinski definition) is 0. The molecule has 0 unspecified atom stereocenters. The minimum absolute atomic E-state index is 0. The molecule has 0 aliphatic heterocycles.